The lowest BCUT2D eigenvalue weighted by atomic mass is 10.1. The van der Waals surface area contributed by atoms with Crippen molar-refractivity contribution >= 4 is 46.4 Å². The first kappa shape index (κ1) is 26.6. The predicted octanol–water partition coefficient (Wildman–Crippen LogP) is 5.18. The van der Waals surface area contributed by atoms with Crippen LogP contribution in [0.2, 0.25) is 0 Å². The van der Waals surface area contributed by atoms with E-state index in [1.165, 1.54) is 20.3 Å². The van der Waals surface area contributed by atoms with Crippen molar-refractivity contribution in [3.05, 3.63) is 83.0 Å². The highest BCUT2D eigenvalue weighted by Gasteiger charge is 2.40. The van der Waals surface area contributed by atoms with Crippen LogP contribution in [-0.4, -0.2) is 38.0 Å². The van der Waals surface area contributed by atoms with Gasteiger partial charge in [-0.2, -0.15) is 0 Å². The Labute approximate surface area is 224 Å². The second kappa shape index (κ2) is 11.3. The van der Waals surface area contributed by atoms with Gasteiger partial charge in [0.2, 0.25) is 0 Å². The molecule has 1 heterocycles. The molecule has 196 valence electrons. The molecule has 1 aliphatic rings. The number of halogens is 1. The van der Waals surface area contributed by atoms with Crippen LogP contribution < -0.4 is 29.7 Å². The molecule has 3 amide bonds. The molecule has 0 saturated carbocycles. The highest BCUT2D eigenvalue weighted by atomic mass is 35.5. The fourth-order valence-electron chi connectivity index (χ4n) is 3.81. The lowest BCUT2D eigenvalue weighted by molar-refractivity contribution is -0.120. The lowest BCUT2D eigenvalue weighted by Crippen LogP contribution is -2.32. The largest absolute Gasteiger partial charge is 0.497 e. The van der Waals surface area contributed by atoms with Crippen LogP contribution in [0.25, 0.3) is 0 Å². The number of carbonyl (C=O) groups is 3. The van der Waals surface area contributed by atoms with E-state index in [-0.39, 0.29) is 28.4 Å². The number of imide groups is 1. The van der Waals surface area contributed by atoms with Crippen LogP contribution in [0.4, 0.5) is 17.1 Å². The van der Waals surface area contributed by atoms with E-state index in [0.717, 1.165) is 4.90 Å². The van der Waals surface area contributed by atoms with Gasteiger partial charge in [-0.3, -0.25) is 14.4 Å². The molecule has 0 spiro atoms. The lowest BCUT2D eigenvalue weighted by Gasteiger charge is -2.19. The molecule has 0 aliphatic carbocycles. The summed E-state index contributed by atoms with van der Waals surface area (Å²) in [4.78, 5) is 40.2. The number of anilines is 3. The van der Waals surface area contributed by atoms with Gasteiger partial charge in [0.15, 0.2) is 0 Å². The zero-order chi connectivity index (χ0) is 27.4. The maximum Gasteiger partial charge on any atom is 0.283 e. The number of rotatable bonds is 9. The van der Waals surface area contributed by atoms with Crippen LogP contribution in [-0.2, 0) is 9.59 Å². The van der Waals surface area contributed by atoms with Gasteiger partial charge in [-0.25, -0.2) is 4.90 Å². The van der Waals surface area contributed by atoms with E-state index < -0.39 is 11.8 Å². The molecule has 0 radical (unpaired) electrons. The average Bonchev–Trinajstić information content (AvgIpc) is 3.12. The number of carbonyl (C=O) groups excluding carboxylic acids is 3. The Balaban J connectivity index is 1.56. The molecule has 0 unspecified atom stereocenters. The summed E-state index contributed by atoms with van der Waals surface area (Å²) in [5.41, 5.74) is 1.28. The monoisotopic (exact) mass is 535 g/mol. The number of benzene rings is 3. The Kier molecular flexibility index (Phi) is 7.87. The number of ether oxygens (including phenoxy) is 3. The zero-order valence-corrected chi connectivity index (χ0v) is 22.0. The van der Waals surface area contributed by atoms with Crippen molar-refractivity contribution in [2.24, 2.45) is 0 Å². The molecule has 38 heavy (non-hydrogen) atoms. The summed E-state index contributed by atoms with van der Waals surface area (Å²) < 4.78 is 16.3. The van der Waals surface area contributed by atoms with Crippen LogP contribution in [0, 0.1) is 0 Å². The van der Waals surface area contributed by atoms with Gasteiger partial charge in [-0.15, -0.1) is 0 Å². The van der Waals surface area contributed by atoms with Crippen molar-refractivity contribution < 1.29 is 28.6 Å². The molecule has 1 aliphatic heterocycles. The van der Waals surface area contributed by atoms with Crippen LogP contribution in [0.15, 0.2) is 77.5 Å². The second-order valence-electron chi connectivity index (χ2n) is 8.50. The maximum atomic E-state index is 13.3. The predicted molar refractivity (Wildman–Crippen MR) is 145 cm³/mol. The SMILES string of the molecule is COc1ccc(OC)c(N2C(=O)C(Cl)=C(Nc3cccc(C(=O)Nc4ccccc4OC(C)C)c3)C2=O)c1. The normalized spacial score (nSPS) is 13.2. The molecule has 9 nitrogen and oxygen atoms in total. The van der Waals surface area contributed by atoms with Crippen LogP contribution in [0.5, 0.6) is 17.2 Å². The summed E-state index contributed by atoms with van der Waals surface area (Å²) >= 11 is 6.30. The third-order valence-corrected chi connectivity index (χ3v) is 5.90. The molecule has 3 aromatic carbocycles. The Morgan fingerprint density at radius 3 is 2.37 bits per heavy atom. The van der Waals surface area contributed by atoms with Gasteiger partial charge in [-0.1, -0.05) is 29.8 Å². The van der Waals surface area contributed by atoms with E-state index in [2.05, 4.69) is 10.6 Å². The van der Waals surface area contributed by atoms with Crippen molar-refractivity contribution in [1.82, 2.24) is 0 Å². The van der Waals surface area contributed by atoms with Gasteiger partial charge in [0, 0.05) is 17.3 Å². The summed E-state index contributed by atoms with van der Waals surface area (Å²) in [5, 5.41) is 5.44. The van der Waals surface area contributed by atoms with Crippen LogP contribution in [0.1, 0.15) is 24.2 Å². The topological polar surface area (TPSA) is 106 Å². The van der Waals surface area contributed by atoms with Crippen molar-refractivity contribution in [3.8, 4) is 17.2 Å². The van der Waals surface area contributed by atoms with Gasteiger partial charge >= 0.3 is 0 Å². The first-order valence-electron chi connectivity index (χ1n) is 11.7. The summed E-state index contributed by atoms with van der Waals surface area (Å²) in [5.74, 6) is -0.519. The average molecular weight is 536 g/mol. The second-order valence-corrected chi connectivity index (χ2v) is 8.87. The van der Waals surface area contributed by atoms with Crippen molar-refractivity contribution in [2.45, 2.75) is 20.0 Å². The van der Waals surface area contributed by atoms with Crippen molar-refractivity contribution in [1.29, 1.82) is 0 Å². The molecule has 0 saturated heterocycles. The molecular weight excluding hydrogens is 510 g/mol. The fraction of sp³-hybridized carbons (Fsp3) is 0.179. The quantitative estimate of drug-likeness (QED) is 0.364. The first-order valence-corrected chi connectivity index (χ1v) is 12.1. The minimum atomic E-state index is -0.721. The molecule has 10 heteroatoms. The zero-order valence-electron chi connectivity index (χ0n) is 21.2. The molecule has 2 N–H and O–H groups in total. The molecule has 0 aromatic heterocycles. The minimum Gasteiger partial charge on any atom is -0.497 e. The number of nitrogens with one attached hydrogen (secondary N) is 2. The summed E-state index contributed by atoms with van der Waals surface area (Å²) in [6.45, 7) is 3.79. The van der Waals surface area contributed by atoms with E-state index in [1.807, 2.05) is 19.9 Å². The summed E-state index contributed by atoms with van der Waals surface area (Å²) in [7, 11) is 2.89. The number of methoxy groups -OCH3 is 2. The Hall–Kier alpha value is -4.50. The molecule has 0 fully saturated rings. The van der Waals surface area contributed by atoms with E-state index >= 15 is 0 Å². The van der Waals surface area contributed by atoms with Gasteiger partial charge < -0.3 is 24.8 Å². The third kappa shape index (κ3) is 5.42. The number of hydrogen-bond acceptors (Lipinski definition) is 7. The number of para-hydroxylation sites is 2. The summed E-state index contributed by atoms with van der Waals surface area (Å²) in [6, 6.07) is 18.3. The van der Waals surface area contributed by atoms with E-state index in [0.29, 0.717) is 34.2 Å². The first-order chi connectivity index (χ1) is 18.2. The van der Waals surface area contributed by atoms with Gasteiger partial charge in [-0.05, 0) is 56.3 Å². The van der Waals surface area contributed by atoms with Crippen LogP contribution >= 0.6 is 11.6 Å². The number of amides is 3. The van der Waals surface area contributed by atoms with Crippen molar-refractivity contribution in [3.63, 3.8) is 0 Å². The third-order valence-electron chi connectivity index (χ3n) is 5.55. The van der Waals surface area contributed by atoms with Gasteiger partial charge in [0.1, 0.15) is 28.0 Å². The summed E-state index contributed by atoms with van der Waals surface area (Å²) in [6.07, 6.45) is -0.0678. The Morgan fingerprint density at radius 2 is 1.66 bits per heavy atom. The highest BCUT2D eigenvalue weighted by molar-refractivity contribution is 6.53. The fourth-order valence-corrected chi connectivity index (χ4v) is 4.02. The molecule has 0 bridgehead atoms. The van der Waals surface area contributed by atoms with Gasteiger partial charge in [0.25, 0.3) is 17.7 Å². The standard InChI is InChI=1S/C28H26ClN3O6/c1-16(2)38-22-11-6-5-10-20(22)31-26(33)17-8-7-9-18(14-17)30-25-24(29)27(34)32(28(25)35)21-15-19(36-3)12-13-23(21)37-4/h5-16,30H,1-4H3,(H,31,33). The van der Waals surface area contributed by atoms with E-state index in [4.69, 9.17) is 25.8 Å². The smallest absolute Gasteiger partial charge is 0.283 e. The Morgan fingerprint density at radius 1 is 0.895 bits per heavy atom. The Bertz CT molecular complexity index is 1440. The molecule has 0 atom stereocenters. The number of nitrogens with zero attached hydrogens (tertiary/aromatic N) is 1. The highest BCUT2D eigenvalue weighted by Crippen LogP contribution is 2.38. The van der Waals surface area contributed by atoms with E-state index in [9.17, 15) is 14.4 Å². The van der Waals surface area contributed by atoms with Crippen molar-refractivity contribution in [2.75, 3.05) is 29.8 Å². The minimum absolute atomic E-state index is 0.0678. The van der Waals surface area contributed by atoms with Gasteiger partial charge in [0.05, 0.1) is 31.7 Å². The molecule has 4 rings (SSSR count). The van der Waals surface area contributed by atoms with E-state index in [1.54, 1.807) is 54.6 Å². The van der Waals surface area contributed by atoms with Crippen LogP contribution in [0.3, 0.4) is 0 Å². The number of hydrogen-bond donors (Lipinski definition) is 2. The molecular formula is C28H26ClN3O6. The maximum absolute atomic E-state index is 13.3. The molecule has 3 aromatic rings.